The molecule has 0 bridgehead atoms. The van der Waals surface area contributed by atoms with Crippen molar-refractivity contribution in [1.82, 2.24) is 9.80 Å². The number of unbranched alkanes of at least 4 members (excludes halogenated alkanes) is 2. The summed E-state index contributed by atoms with van der Waals surface area (Å²) in [7, 11) is 0. The lowest BCUT2D eigenvalue weighted by Gasteiger charge is -2.34. The van der Waals surface area contributed by atoms with E-state index < -0.39 is 0 Å². The fraction of sp³-hybridized carbons (Fsp3) is 0.367. The Hall–Kier alpha value is -3.89. The first-order chi connectivity index (χ1) is 18.1. The van der Waals surface area contributed by atoms with E-state index in [0.717, 1.165) is 49.0 Å². The molecule has 7 nitrogen and oxygen atoms in total. The average Bonchev–Trinajstić information content (AvgIpc) is 2.93. The van der Waals surface area contributed by atoms with Crippen molar-refractivity contribution in [3.8, 4) is 22.9 Å². The number of hydrogen-bond acceptors (Lipinski definition) is 6. The molecule has 0 saturated carbocycles. The Labute approximate surface area is 217 Å². The zero-order valence-corrected chi connectivity index (χ0v) is 21.3. The van der Waals surface area contributed by atoms with Crippen LogP contribution in [-0.2, 0) is 17.9 Å². The predicted molar refractivity (Wildman–Crippen MR) is 142 cm³/mol. The van der Waals surface area contributed by atoms with Gasteiger partial charge in [0.15, 0.2) is 0 Å². The van der Waals surface area contributed by atoms with Crippen LogP contribution in [0.3, 0.4) is 0 Å². The van der Waals surface area contributed by atoms with E-state index in [1.54, 1.807) is 6.07 Å². The summed E-state index contributed by atoms with van der Waals surface area (Å²) in [6, 6.07) is 18.9. The largest absolute Gasteiger partial charge is 0.482 e. The fourth-order valence-corrected chi connectivity index (χ4v) is 4.46. The highest BCUT2D eigenvalue weighted by Crippen LogP contribution is 2.24. The van der Waals surface area contributed by atoms with Crippen molar-refractivity contribution >= 4 is 5.91 Å². The number of rotatable bonds is 10. The minimum atomic E-state index is -0.217. The van der Waals surface area contributed by atoms with E-state index in [0.29, 0.717) is 37.4 Å². The van der Waals surface area contributed by atoms with Crippen LogP contribution in [-0.4, -0.2) is 41.9 Å². The van der Waals surface area contributed by atoms with Gasteiger partial charge in [0, 0.05) is 38.7 Å². The molecule has 0 spiro atoms. The average molecular weight is 500 g/mol. The highest BCUT2D eigenvalue weighted by Gasteiger charge is 2.21. The third-order valence-corrected chi connectivity index (χ3v) is 6.66. The van der Waals surface area contributed by atoms with E-state index >= 15 is 0 Å². The monoisotopic (exact) mass is 499 g/mol. The summed E-state index contributed by atoms with van der Waals surface area (Å²) in [5, 5.41) is 9.32. The molecule has 0 atom stereocenters. The molecular formula is C30H33N3O4. The normalized spacial score (nSPS) is 13.8. The van der Waals surface area contributed by atoms with Gasteiger partial charge in [0.2, 0.25) is 17.1 Å². The second kappa shape index (κ2) is 12.9. The molecule has 1 saturated heterocycles. The van der Waals surface area contributed by atoms with Crippen molar-refractivity contribution in [2.75, 3.05) is 26.2 Å². The van der Waals surface area contributed by atoms with Gasteiger partial charge in [-0.1, -0.05) is 62.2 Å². The van der Waals surface area contributed by atoms with Crippen molar-refractivity contribution in [3.63, 3.8) is 0 Å². The topological polar surface area (TPSA) is 86.8 Å². The molecule has 192 valence electrons. The molecule has 0 aliphatic carbocycles. The number of benzene rings is 2. The van der Waals surface area contributed by atoms with Gasteiger partial charge < -0.3 is 14.1 Å². The Morgan fingerprint density at radius 3 is 2.51 bits per heavy atom. The number of nitriles is 1. The van der Waals surface area contributed by atoms with E-state index in [4.69, 9.17) is 9.15 Å². The SMILES string of the molecule is CCCCCC(=O)N1CCN(Cc2cc(=O)c(OCc3ccc(-c4ccccc4C#N)cc3)co2)CC1. The molecule has 0 unspecified atom stereocenters. The number of piperazine rings is 1. The van der Waals surface area contributed by atoms with E-state index in [9.17, 15) is 14.9 Å². The van der Waals surface area contributed by atoms with Crippen LogP contribution in [0.1, 0.15) is 49.5 Å². The van der Waals surface area contributed by atoms with Crippen LogP contribution in [0.15, 0.2) is 70.1 Å². The van der Waals surface area contributed by atoms with Gasteiger partial charge in [-0.05, 0) is 29.2 Å². The van der Waals surface area contributed by atoms with Crippen LogP contribution in [0.2, 0.25) is 0 Å². The zero-order chi connectivity index (χ0) is 26.0. The van der Waals surface area contributed by atoms with Crippen LogP contribution in [0, 0.1) is 11.3 Å². The lowest BCUT2D eigenvalue weighted by atomic mass is 9.99. The second-order valence-corrected chi connectivity index (χ2v) is 9.33. The van der Waals surface area contributed by atoms with Gasteiger partial charge in [0.05, 0.1) is 18.2 Å². The minimum absolute atomic E-state index is 0.171. The van der Waals surface area contributed by atoms with Gasteiger partial charge in [-0.25, -0.2) is 0 Å². The molecule has 1 aromatic heterocycles. The van der Waals surface area contributed by atoms with E-state index in [2.05, 4.69) is 17.9 Å². The lowest BCUT2D eigenvalue weighted by molar-refractivity contribution is -0.133. The van der Waals surface area contributed by atoms with Crippen LogP contribution >= 0.6 is 0 Å². The first-order valence-corrected chi connectivity index (χ1v) is 12.9. The maximum absolute atomic E-state index is 12.6. The van der Waals surface area contributed by atoms with Gasteiger partial charge in [-0.2, -0.15) is 5.26 Å². The highest BCUT2D eigenvalue weighted by molar-refractivity contribution is 5.76. The van der Waals surface area contributed by atoms with Crippen LogP contribution < -0.4 is 10.2 Å². The third-order valence-electron chi connectivity index (χ3n) is 6.66. The maximum Gasteiger partial charge on any atom is 0.227 e. The van der Waals surface area contributed by atoms with Crippen LogP contribution in [0.5, 0.6) is 5.75 Å². The molecule has 1 amide bonds. The van der Waals surface area contributed by atoms with Crippen molar-refractivity contribution < 1.29 is 13.9 Å². The van der Waals surface area contributed by atoms with Crippen molar-refractivity contribution in [2.24, 2.45) is 0 Å². The number of carbonyl (C=O) groups excluding carboxylic acids is 1. The van der Waals surface area contributed by atoms with Crippen LogP contribution in [0.4, 0.5) is 0 Å². The molecule has 0 radical (unpaired) electrons. The quantitative estimate of drug-likeness (QED) is 0.366. The zero-order valence-electron chi connectivity index (χ0n) is 21.3. The Morgan fingerprint density at radius 1 is 1.05 bits per heavy atom. The molecule has 1 aliphatic heterocycles. The summed E-state index contributed by atoms with van der Waals surface area (Å²) in [5.74, 6) is 0.994. The number of nitrogens with zero attached hydrogens (tertiary/aromatic N) is 3. The second-order valence-electron chi connectivity index (χ2n) is 9.33. The summed E-state index contributed by atoms with van der Waals surface area (Å²) >= 11 is 0. The number of carbonyl (C=O) groups is 1. The molecule has 2 heterocycles. The predicted octanol–water partition coefficient (Wildman–Crippen LogP) is 4.98. The molecular weight excluding hydrogens is 466 g/mol. The summed E-state index contributed by atoms with van der Waals surface area (Å²) in [6.45, 7) is 5.83. The number of amides is 1. The minimum Gasteiger partial charge on any atom is -0.482 e. The van der Waals surface area contributed by atoms with Gasteiger partial charge >= 0.3 is 0 Å². The number of hydrogen-bond donors (Lipinski definition) is 0. The summed E-state index contributed by atoms with van der Waals surface area (Å²) < 4.78 is 11.4. The molecule has 1 fully saturated rings. The van der Waals surface area contributed by atoms with Gasteiger partial charge in [0.1, 0.15) is 18.6 Å². The lowest BCUT2D eigenvalue weighted by Crippen LogP contribution is -2.48. The Morgan fingerprint density at radius 2 is 1.81 bits per heavy atom. The Bertz CT molecular complexity index is 1290. The van der Waals surface area contributed by atoms with E-state index in [1.807, 2.05) is 47.4 Å². The molecule has 3 aromatic rings. The summed E-state index contributed by atoms with van der Waals surface area (Å²) in [5.41, 5.74) is 3.15. The molecule has 7 heteroatoms. The maximum atomic E-state index is 12.6. The highest BCUT2D eigenvalue weighted by atomic mass is 16.5. The molecule has 4 rings (SSSR count). The first kappa shape index (κ1) is 26.2. The van der Waals surface area contributed by atoms with Crippen molar-refractivity contribution in [2.45, 2.75) is 45.8 Å². The fourth-order valence-electron chi connectivity index (χ4n) is 4.46. The molecule has 0 N–H and O–H groups in total. The first-order valence-electron chi connectivity index (χ1n) is 12.9. The van der Waals surface area contributed by atoms with Crippen molar-refractivity contribution in [3.05, 3.63) is 88.0 Å². The smallest absolute Gasteiger partial charge is 0.227 e. The standard InChI is InChI=1S/C30H33N3O4/c1-2-3-4-9-30(35)33-16-14-32(15-17-33)20-26-18-28(34)29(22-36-26)37-21-23-10-12-24(13-11-23)27-8-6-5-7-25(27)19-31/h5-8,10-13,18,22H,2-4,9,14-17,20-21H2,1H3. The van der Waals surface area contributed by atoms with Crippen molar-refractivity contribution in [1.29, 1.82) is 5.26 Å². The summed E-state index contributed by atoms with van der Waals surface area (Å²) in [6.07, 6.45) is 5.17. The number of ether oxygens (including phenoxy) is 1. The van der Waals surface area contributed by atoms with Gasteiger partial charge in [-0.15, -0.1) is 0 Å². The molecule has 37 heavy (non-hydrogen) atoms. The molecule has 2 aromatic carbocycles. The van der Waals surface area contributed by atoms with Gasteiger partial charge in [0.25, 0.3) is 0 Å². The van der Waals surface area contributed by atoms with Crippen LogP contribution in [0.25, 0.3) is 11.1 Å². The Balaban J connectivity index is 1.27. The summed E-state index contributed by atoms with van der Waals surface area (Å²) in [4.78, 5) is 29.0. The van der Waals surface area contributed by atoms with Gasteiger partial charge in [-0.3, -0.25) is 14.5 Å². The molecule has 1 aliphatic rings. The van der Waals surface area contributed by atoms with E-state index in [-0.39, 0.29) is 23.7 Å². The van der Waals surface area contributed by atoms with E-state index in [1.165, 1.54) is 12.3 Å². The third kappa shape index (κ3) is 7.08. The Kier molecular flexibility index (Phi) is 9.12.